The van der Waals surface area contributed by atoms with Crippen molar-refractivity contribution in [2.45, 2.75) is 87.5 Å². The Morgan fingerprint density at radius 2 is 1.47 bits per heavy atom. The molecule has 0 aliphatic heterocycles. The summed E-state index contributed by atoms with van der Waals surface area (Å²) in [5.41, 5.74) is 3.75. The molecule has 30 heavy (non-hydrogen) atoms. The van der Waals surface area contributed by atoms with Crippen LogP contribution in [0.3, 0.4) is 0 Å². The van der Waals surface area contributed by atoms with Crippen molar-refractivity contribution in [3.63, 3.8) is 0 Å². The summed E-state index contributed by atoms with van der Waals surface area (Å²) in [6.45, 7) is 19.8. The molecule has 0 N–H and O–H groups in total. The lowest BCUT2D eigenvalue weighted by atomic mass is 10.1. The number of rotatable bonds is 4. The van der Waals surface area contributed by atoms with Crippen molar-refractivity contribution in [2.24, 2.45) is 0 Å². The fourth-order valence-electron chi connectivity index (χ4n) is 1.94. The molecule has 0 bridgehead atoms. The first-order valence-corrected chi connectivity index (χ1v) is 11.2. The molecule has 0 radical (unpaired) electrons. The molecule has 0 aliphatic carbocycles. The van der Waals surface area contributed by atoms with Crippen LogP contribution in [-0.2, 0) is 12.8 Å². The Hall–Kier alpha value is -2.40. The van der Waals surface area contributed by atoms with Gasteiger partial charge in [-0.15, -0.1) is 6.58 Å². The fourth-order valence-corrected chi connectivity index (χ4v) is 1.94. The van der Waals surface area contributed by atoms with E-state index in [0.29, 0.717) is 17.5 Å². The Morgan fingerprint density at radius 1 is 0.967 bits per heavy atom. The summed E-state index contributed by atoms with van der Waals surface area (Å²) in [5, 5.41) is 8.48. The molecule has 0 saturated heterocycles. The average molecular weight is 414 g/mol. The normalized spacial score (nSPS) is 8.27. The minimum atomic E-state index is -0.230. The molecule has 0 amide bonds. The molecule has 0 atom stereocenters. The van der Waals surface area contributed by atoms with Crippen LogP contribution in [0.4, 0.5) is 4.39 Å². The van der Waals surface area contributed by atoms with E-state index in [2.05, 4.69) is 57.7 Å². The highest BCUT2D eigenvalue weighted by Gasteiger charge is 1.99. The van der Waals surface area contributed by atoms with E-state index < -0.39 is 0 Å². The largest absolute Gasteiger partial charge is 0.207 e. The van der Waals surface area contributed by atoms with Gasteiger partial charge in [0.2, 0.25) is 0 Å². The summed E-state index contributed by atoms with van der Waals surface area (Å²) in [5.74, 6) is -0.230. The maximum Gasteiger partial charge on any atom is 0.126 e. The van der Waals surface area contributed by atoms with Gasteiger partial charge in [-0.25, -0.2) is 4.39 Å². The lowest BCUT2D eigenvalue weighted by Gasteiger charge is -1.97. The highest BCUT2D eigenvalue weighted by molar-refractivity contribution is 5.33. The van der Waals surface area contributed by atoms with Crippen LogP contribution in [0.2, 0.25) is 0 Å². The third-order valence-electron chi connectivity index (χ3n) is 3.22. The molecule has 0 aliphatic rings. The predicted molar refractivity (Wildman–Crippen MR) is 133 cm³/mol. The van der Waals surface area contributed by atoms with Crippen molar-refractivity contribution in [2.75, 3.05) is 0 Å². The Balaban J connectivity index is -0.000000352. The lowest BCUT2D eigenvalue weighted by molar-refractivity contribution is 0.612. The summed E-state index contributed by atoms with van der Waals surface area (Å²) in [6.07, 6.45) is 5.71. The highest BCUT2D eigenvalue weighted by atomic mass is 19.1. The molecular weight excluding hydrogens is 369 g/mol. The summed E-state index contributed by atoms with van der Waals surface area (Å²) in [7, 11) is 0. The van der Waals surface area contributed by atoms with Crippen LogP contribution < -0.4 is 0 Å². The zero-order valence-corrected chi connectivity index (χ0v) is 20.7. The van der Waals surface area contributed by atoms with E-state index >= 15 is 0 Å². The highest BCUT2D eigenvalue weighted by Crippen LogP contribution is 2.10. The fraction of sp³-hybridized carbons (Fsp3) is 0.464. The third-order valence-corrected chi connectivity index (χ3v) is 3.22. The minimum Gasteiger partial charge on any atom is -0.207 e. The van der Waals surface area contributed by atoms with Crippen LogP contribution in [0.25, 0.3) is 0 Å². The van der Waals surface area contributed by atoms with E-state index in [9.17, 15) is 4.39 Å². The SMILES string of the molecule is C=C(C)C.CC.CCC.CCCCc1ccccc1.CCc1cc(C#N)ccc1F. The molecule has 2 rings (SSSR count). The summed E-state index contributed by atoms with van der Waals surface area (Å²) < 4.78 is 12.8. The molecule has 2 heteroatoms. The monoisotopic (exact) mass is 413 g/mol. The van der Waals surface area contributed by atoms with Crippen LogP contribution in [0.1, 0.15) is 91.3 Å². The molecule has 168 valence electrons. The molecule has 0 unspecified atom stereocenters. The summed E-state index contributed by atoms with van der Waals surface area (Å²) in [6, 6.07) is 17.0. The molecule has 0 spiro atoms. The lowest BCUT2D eigenvalue weighted by Crippen LogP contribution is -1.87. The van der Waals surface area contributed by atoms with Crippen LogP contribution in [0.5, 0.6) is 0 Å². The predicted octanol–water partition coefficient (Wildman–Crippen LogP) is 9.31. The number of allylic oxidation sites excluding steroid dienone is 1. The van der Waals surface area contributed by atoms with Crippen molar-refractivity contribution >= 4 is 0 Å². The molecule has 0 saturated carbocycles. The second-order valence-electron chi connectivity index (χ2n) is 6.77. The zero-order chi connectivity index (χ0) is 23.8. The second-order valence-corrected chi connectivity index (χ2v) is 6.77. The number of nitriles is 1. The van der Waals surface area contributed by atoms with Gasteiger partial charge in [0.15, 0.2) is 0 Å². The number of unbranched alkanes of at least 4 members (excludes halogenated alkanes) is 1. The van der Waals surface area contributed by atoms with E-state index in [1.807, 2.05) is 40.7 Å². The second kappa shape index (κ2) is 24.6. The standard InChI is InChI=1S/C10H14.C9H8FN.C4H8.C3H8.C2H6/c1-2-3-7-10-8-5-4-6-9-10;1-2-8-5-7(6-11)3-4-9(8)10;1-4(2)3;1-3-2;1-2/h4-6,8-9H,2-3,7H2,1H3;3-5H,2H2,1H3;1H2,2-3H3;3H2,1-2H3;1-2H3. The van der Waals surface area contributed by atoms with Crippen LogP contribution in [0, 0.1) is 17.1 Å². The van der Waals surface area contributed by atoms with Gasteiger partial charge in [0.25, 0.3) is 0 Å². The molecule has 0 heterocycles. The smallest absolute Gasteiger partial charge is 0.126 e. The summed E-state index contributed by atoms with van der Waals surface area (Å²) in [4.78, 5) is 0. The van der Waals surface area contributed by atoms with Crippen molar-refractivity contribution in [1.29, 1.82) is 5.26 Å². The van der Waals surface area contributed by atoms with Crippen LogP contribution in [0.15, 0.2) is 60.7 Å². The molecule has 2 aromatic carbocycles. The number of hydrogen-bond acceptors (Lipinski definition) is 1. The molecular formula is C28H44FN. The van der Waals surface area contributed by atoms with Gasteiger partial charge in [0.05, 0.1) is 11.6 Å². The van der Waals surface area contributed by atoms with Gasteiger partial charge < -0.3 is 0 Å². The quantitative estimate of drug-likeness (QED) is 0.458. The Morgan fingerprint density at radius 3 is 1.87 bits per heavy atom. The van der Waals surface area contributed by atoms with Crippen LogP contribution in [-0.4, -0.2) is 0 Å². The van der Waals surface area contributed by atoms with Crippen molar-refractivity contribution < 1.29 is 4.39 Å². The number of nitrogens with zero attached hydrogens (tertiary/aromatic N) is 1. The van der Waals surface area contributed by atoms with Gasteiger partial charge in [-0.05, 0) is 62.4 Å². The van der Waals surface area contributed by atoms with Crippen molar-refractivity contribution in [1.82, 2.24) is 0 Å². The number of benzene rings is 2. The maximum absolute atomic E-state index is 12.8. The maximum atomic E-state index is 12.8. The first-order valence-electron chi connectivity index (χ1n) is 11.2. The van der Waals surface area contributed by atoms with E-state index in [1.165, 1.54) is 49.0 Å². The third kappa shape index (κ3) is 21.9. The van der Waals surface area contributed by atoms with Crippen LogP contribution >= 0.6 is 0 Å². The van der Waals surface area contributed by atoms with E-state index in [-0.39, 0.29) is 5.82 Å². The molecule has 0 fully saturated rings. The van der Waals surface area contributed by atoms with Crippen molar-refractivity contribution in [3.8, 4) is 6.07 Å². The van der Waals surface area contributed by atoms with Gasteiger partial charge in [0.1, 0.15) is 5.82 Å². The Bertz CT molecular complexity index is 665. The first-order chi connectivity index (χ1) is 14.4. The van der Waals surface area contributed by atoms with E-state index in [1.54, 1.807) is 6.07 Å². The number of halogens is 1. The van der Waals surface area contributed by atoms with Gasteiger partial charge >= 0.3 is 0 Å². The zero-order valence-electron chi connectivity index (χ0n) is 20.7. The molecule has 2 aromatic rings. The first kappa shape index (κ1) is 32.3. The van der Waals surface area contributed by atoms with E-state index in [0.717, 1.165) is 0 Å². The van der Waals surface area contributed by atoms with Gasteiger partial charge in [-0.2, -0.15) is 5.26 Å². The van der Waals surface area contributed by atoms with Gasteiger partial charge in [0, 0.05) is 0 Å². The van der Waals surface area contributed by atoms with Crippen molar-refractivity contribution in [3.05, 3.63) is 83.2 Å². The topological polar surface area (TPSA) is 23.8 Å². The number of hydrogen-bond donors (Lipinski definition) is 0. The minimum absolute atomic E-state index is 0.230. The molecule has 1 nitrogen and oxygen atoms in total. The Kier molecular flexibility index (Phi) is 26.5. The summed E-state index contributed by atoms with van der Waals surface area (Å²) >= 11 is 0. The number of aryl methyl sites for hydroxylation is 2. The van der Waals surface area contributed by atoms with Gasteiger partial charge in [-0.1, -0.05) is 90.3 Å². The molecule has 0 aromatic heterocycles. The Labute approximate surface area is 186 Å². The average Bonchev–Trinajstić information content (AvgIpc) is 2.75. The van der Waals surface area contributed by atoms with E-state index in [4.69, 9.17) is 5.26 Å². The van der Waals surface area contributed by atoms with Gasteiger partial charge in [-0.3, -0.25) is 0 Å².